The van der Waals surface area contributed by atoms with Gasteiger partial charge in [0.2, 0.25) is 10.0 Å². The number of rotatable bonds is 2. The third kappa shape index (κ3) is 6.91. The van der Waals surface area contributed by atoms with Gasteiger partial charge in [-0.2, -0.15) is 0 Å². The number of allylic oxidation sites excluding steroid dienone is 1. The van der Waals surface area contributed by atoms with Gasteiger partial charge in [-0.15, -0.1) is 0 Å². The number of hydrogen-bond donors (Lipinski definition) is 2. The van der Waals surface area contributed by atoms with Crippen LogP contribution in [0.3, 0.4) is 0 Å². The molecule has 282 valence electrons. The Balaban J connectivity index is 1.17. The van der Waals surface area contributed by atoms with Crippen LogP contribution in [-0.2, 0) is 21.9 Å². The van der Waals surface area contributed by atoms with Crippen LogP contribution in [0, 0.1) is 17.8 Å². The lowest BCUT2D eigenvalue weighted by atomic mass is 9.63. The second-order valence-electron chi connectivity index (χ2n) is 16.9. The molecule has 6 aliphatic rings. The van der Waals surface area contributed by atoms with Gasteiger partial charge in [0.25, 0.3) is 5.91 Å². The molecule has 2 saturated heterocycles. The van der Waals surface area contributed by atoms with E-state index in [1.807, 2.05) is 37.3 Å². The van der Waals surface area contributed by atoms with E-state index >= 15 is 0 Å². The molecule has 11 heteroatoms. The first kappa shape index (κ1) is 36.4. The molecule has 0 radical (unpaired) electrons. The number of halogens is 1. The van der Waals surface area contributed by atoms with E-state index in [2.05, 4.69) is 31.6 Å². The molecule has 7 atom stereocenters. The van der Waals surface area contributed by atoms with Gasteiger partial charge in [-0.05, 0) is 124 Å². The lowest BCUT2D eigenvalue weighted by Gasteiger charge is -2.52. The van der Waals surface area contributed by atoms with Gasteiger partial charge in [-0.25, -0.2) is 13.1 Å². The number of piperazine rings is 1. The largest absolute Gasteiger partial charge is 0.490 e. The maximum Gasteiger partial charge on any atom is 0.264 e. The summed E-state index contributed by atoms with van der Waals surface area (Å²) in [5.74, 6) is 0.0722. The highest BCUT2D eigenvalue weighted by atomic mass is 35.5. The number of ether oxygens (including phenoxy) is 1. The van der Waals surface area contributed by atoms with E-state index in [9.17, 15) is 18.3 Å². The third-order valence-corrected chi connectivity index (χ3v) is 15.8. The normalized spacial score (nSPS) is 35.9. The maximum atomic E-state index is 13.6. The van der Waals surface area contributed by atoms with E-state index in [-0.39, 0.29) is 28.7 Å². The van der Waals surface area contributed by atoms with Crippen molar-refractivity contribution in [3.05, 3.63) is 70.3 Å². The van der Waals surface area contributed by atoms with E-state index < -0.39 is 26.8 Å². The molecule has 8 rings (SSSR count). The number of amides is 1. The molecule has 1 amide bonds. The molecule has 1 spiro atoms. The quantitative estimate of drug-likeness (QED) is 0.373. The molecule has 1 saturated carbocycles. The summed E-state index contributed by atoms with van der Waals surface area (Å²) < 4.78 is 36.2. The fourth-order valence-electron chi connectivity index (χ4n) is 10.3. The summed E-state index contributed by atoms with van der Waals surface area (Å²) >= 11 is 6.49. The molecule has 3 fully saturated rings. The highest BCUT2D eigenvalue weighted by Gasteiger charge is 2.49. The van der Waals surface area contributed by atoms with Crippen LogP contribution in [0.1, 0.15) is 86.7 Å². The predicted octanol–water partition coefficient (Wildman–Crippen LogP) is 5.78. The Morgan fingerprint density at radius 1 is 1.02 bits per heavy atom. The first-order chi connectivity index (χ1) is 24.9. The summed E-state index contributed by atoms with van der Waals surface area (Å²) in [4.78, 5) is 21.1. The Kier molecular flexibility index (Phi) is 9.94. The number of sulfonamides is 1. The summed E-state index contributed by atoms with van der Waals surface area (Å²) in [5.41, 5.74) is 2.28. The van der Waals surface area contributed by atoms with Crippen LogP contribution in [0.2, 0.25) is 5.02 Å². The Morgan fingerprint density at radius 2 is 1.88 bits per heavy atom. The van der Waals surface area contributed by atoms with Crippen molar-refractivity contribution in [3.8, 4) is 5.75 Å². The first-order valence-electron chi connectivity index (χ1n) is 19.7. The van der Waals surface area contributed by atoms with Crippen molar-refractivity contribution in [2.75, 3.05) is 57.3 Å². The molecule has 0 aromatic heterocycles. The van der Waals surface area contributed by atoms with E-state index in [0.29, 0.717) is 44.5 Å². The fraction of sp³-hybridized carbons (Fsp3) is 0.634. The smallest absolute Gasteiger partial charge is 0.264 e. The van der Waals surface area contributed by atoms with Crippen LogP contribution < -0.4 is 14.4 Å². The van der Waals surface area contributed by atoms with Crippen molar-refractivity contribution >= 4 is 33.2 Å². The van der Waals surface area contributed by atoms with Crippen molar-refractivity contribution < 1.29 is 23.1 Å². The molecule has 52 heavy (non-hydrogen) atoms. The fourth-order valence-corrected chi connectivity index (χ4v) is 11.7. The zero-order valence-electron chi connectivity index (χ0n) is 30.7. The number of benzene rings is 2. The highest BCUT2D eigenvalue weighted by molar-refractivity contribution is 7.90. The lowest BCUT2D eigenvalue weighted by molar-refractivity contribution is -0.0766. The van der Waals surface area contributed by atoms with Crippen molar-refractivity contribution in [1.82, 2.24) is 14.5 Å². The van der Waals surface area contributed by atoms with Gasteiger partial charge < -0.3 is 14.7 Å². The molecule has 2 N–H and O–H groups in total. The first-order valence-corrected chi connectivity index (χ1v) is 21.6. The minimum Gasteiger partial charge on any atom is -0.490 e. The summed E-state index contributed by atoms with van der Waals surface area (Å²) in [6.07, 6.45) is 13.2. The van der Waals surface area contributed by atoms with Crippen LogP contribution in [0.5, 0.6) is 5.75 Å². The van der Waals surface area contributed by atoms with Gasteiger partial charge in [-0.1, -0.05) is 43.2 Å². The van der Waals surface area contributed by atoms with Gasteiger partial charge in [0.15, 0.2) is 0 Å². The number of carbonyl (C=O) groups is 1. The standard InChI is InChI=1S/C41H55ClN4O5S/c1-28-7-5-17-41(48,26-44-19-20-45-18-4-3-9-34(45)24-44)36-13-10-32(36)23-46-25-40(16-6-8-30-21-33(42)12-14-35(30)40)27-51-38-15-11-31(22-37(38)46)39(47)43-52(49,50)29(28)2/h5,11-12,14-15,17,21-22,28-29,32,34,36,48H,3-4,6-10,13,16,18-20,23-27H2,1-2H3,(H,43,47)/b17-5+/t28-,29+,32-,34+,36+,40-,41+/m0/s1. The number of piperidine rings is 1. The molecule has 4 aliphatic heterocycles. The average Bonchev–Trinajstić information content (AvgIpc) is 3.25. The molecule has 0 unspecified atom stereocenters. The minimum atomic E-state index is -3.97. The minimum absolute atomic E-state index is 0.0463. The predicted molar refractivity (Wildman–Crippen MR) is 206 cm³/mol. The van der Waals surface area contributed by atoms with E-state index in [0.717, 1.165) is 62.4 Å². The van der Waals surface area contributed by atoms with Gasteiger partial charge in [0.1, 0.15) is 5.75 Å². The maximum absolute atomic E-state index is 13.6. The topological polar surface area (TPSA) is 102 Å². The van der Waals surface area contributed by atoms with E-state index in [1.165, 1.54) is 36.9 Å². The zero-order chi connectivity index (χ0) is 36.3. The molecule has 4 heterocycles. The molecule has 2 aromatic carbocycles. The summed E-state index contributed by atoms with van der Waals surface area (Å²) in [6, 6.07) is 12.1. The molecular weight excluding hydrogens is 696 g/mol. The second-order valence-corrected chi connectivity index (χ2v) is 19.4. The second kappa shape index (κ2) is 14.2. The summed E-state index contributed by atoms with van der Waals surface area (Å²) in [6.45, 7) is 10.2. The number of hydrogen-bond acceptors (Lipinski definition) is 8. The van der Waals surface area contributed by atoms with Crippen molar-refractivity contribution in [2.24, 2.45) is 17.8 Å². The average molecular weight is 751 g/mol. The number of β-amino-alcohol motifs (C(OH)–C–C–N with tert-alkyl or cyclic N) is 1. The number of nitrogens with one attached hydrogen (secondary N) is 1. The SMILES string of the molecule is C[C@@H]1[C@@H](C)C/C=C/[C@@](O)(CN2CCN3CCCC[C@@H]3C2)[C@@H]2CC[C@H]2CN2C[C@@]3(CCCc4cc(Cl)ccc43)COc3ccc(cc32)C(=O)NS1(=O)=O. The Hall–Kier alpha value is -2.63. The molecule has 9 nitrogen and oxygen atoms in total. The Bertz CT molecular complexity index is 1820. The number of aryl methyl sites for hydroxylation is 1. The van der Waals surface area contributed by atoms with Crippen LogP contribution in [-0.4, -0.2) is 98.5 Å². The van der Waals surface area contributed by atoms with Crippen LogP contribution in [0.25, 0.3) is 0 Å². The monoisotopic (exact) mass is 750 g/mol. The lowest BCUT2D eigenvalue weighted by Crippen LogP contribution is -2.60. The Labute approximate surface area is 314 Å². The third-order valence-electron chi connectivity index (χ3n) is 13.7. The molecule has 2 aliphatic carbocycles. The highest BCUT2D eigenvalue weighted by Crippen LogP contribution is 2.48. The van der Waals surface area contributed by atoms with Gasteiger partial charge in [0.05, 0.1) is 23.1 Å². The van der Waals surface area contributed by atoms with Crippen LogP contribution >= 0.6 is 11.6 Å². The Morgan fingerprint density at radius 3 is 2.71 bits per heavy atom. The molecule has 2 aromatic rings. The number of anilines is 1. The zero-order valence-corrected chi connectivity index (χ0v) is 32.3. The van der Waals surface area contributed by atoms with Gasteiger partial charge >= 0.3 is 0 Å². The van der Waals surface area contributed by atoms with Crippen molar-refractivity contribution in [1.29, 1.82) is 0 Å². The van der Waals surface area contributed by atoms with Crippen molar-refractivity contribution in [3.63, 3.8) is 0 Å². The van der Waals surface area contributed by atoms with Crippen molar-refractivity contribution in [2.45, 2.75) is 93.9 Å². The number of carbonyl (C=O) groups excluding carboxylic acids is 1. The van der Waals surface area contributed by atoms with E-state index in [1.54, 1.807) is 13.0 Å². The molecule has 2 bridgehead atoms. The van der Waals surface area contributed by atoms with Crippen LogP contribution in [0.15, 0.2) is 48.6 Å². The van der Waals surface area contributed by atoms with E-state index in [4.69, 9.17) is 16.3 Å². The number of nitrogens with zero attached hydrogens (tertiary/aromatic N) is 3. The number of fused-ring (bicyclic) bond motifs is 5. The molecular formula is C41H55ClN4O5S. The number of aliphatic hydroxyl groups is 1. The van der Waals surface area contributed by atoms with Crippen LogP contribution in [0.4, 0.5) is 5.69 Å². The van der Waals surface area contributed by atoms with Gasteiger partial charge in [0, 0.05) is 61.3 Å². The summed E-state index contributed by atoms with van der Waals surface area (Å²) in [5, 5.41) is 12.8. The van der Waals surface area contributed by atoms with Gasteiger partial charge in [-0.3, -0.25) is 14.6 Å². The summed E-state index contributed by atoms with van der Waals surface area (Å²) in [7, 11) is -3.97.